The van der Waals surface area contributed by atoms with E-state index >= 15 is 0 Å². The molecule has 0 bridgehead atoms. The molecule has 0 amide bonds. The van der Waals surface area contributed by atoms with Crippen LogP contribution >= 0.6 is 0 Å². The van der Waals surface area contributed by atoms with Crippen molar-refractivity contribution in [1.82, 2.24) is 0 Å². The zero-order valence-corrected chi connectivity index (χ0v) is 4.05. The minimum absolute atomic E-state index is 0. The lowest BCUT2D eigenvalue weighted by Gasteiger charge is -0.813. The fourth-order valence-electron chi connectivity index (χ4n) is 0. The molecule has 7 heavy (non-hydrogen) atoms. The Morgan fingerprint density at radius 2 is 0.429 bits per heavy atom. The predicted octanol–water partition coefficient (Wildman–Crippen LogP) is 2.06. The second-order valence-electron chi connectivity index (χ2n) is 0. The molecule has 48 valence electrons. The number of halogens is 3. The topological polar surface area (TPSA) is 0 Å². The molecule has 0 rings (SSSR count). The van der Waals surface area contributed by atoms with Crippen LogP contribution < -0.4 is 0 Å². The molecule has 0 N–H and O–H groups in total. The average molecular weight is 116 g/mol. The smallest absolute Gasteiger partial charge is 0.106 e. The Morgan fingerprint density at radius 1 is 0.429 bits per heavy atom. The third-order valence-electron chi connectivity index (χ3n) is 0. The van der Waals surface area contributed by atoms with Crippen LogP contribution in [0.2, 0.25) is 0 Å². The van der Waals surface area contributed by atoms with E-state index in [4.69, 9.17) is 0 Å². The van der Waals surface area contributed by atoms with Crippen molar-refractivity contribution >= 4 is 0 Å². The summed E-state index contributed by atoms with van der Waals surface area (Å²) in [6.45, 7) is 12.0. The van der Waals surface area contributed by atoms with Crippen molar-refractivity contribution in [3.8, 4) is 0 Å². The molecule has 0 nitrogen and oxygen atoms in total. The first-order chi connectivity index (χ1) is 2.00. The van der Waals surface area contributed by atoms with Crippen LogP contribution in [0.1, 0.15) is 0 Å². The van der Waals surface area contributed by atoms with Gasteiger partial charge in [-0.2, -0.15) is 0 Å². The van der Waals surface area contributed by atoms with E-state index in [0.29, 0.717) is 0 Å². The van der Waals surface area contributed by atoms with Gasteiger partial charge < -0.3 is 0 Å². The summed E-state index contributed by atoms with van der Waals surface area (Å²) >= 11 is 0. The maximum Gasteiger partial charge on any atom is -0.106 e. The van der Waals surface area contributed by atoms with Crippen LogP contribution in [0.25, 0.3) is 0 Å². The zero-order valence-electron chi connectivity index (χ0n) is 4.05. The van der Waals surface area contributed by atoms with Crippen LogP contribution in [-0.4, -0.2) is 0 Å². The van der Waals surface area contributed by atoms with E-state index in [1.165, 1.54) is 0 Å². The quantitative estimate of drug-likeness (QED) is 0.425. The van der Waals surface area contributed by atoms with Crippen LogP contribution in [0.3, 0.4) is 0 Å². The molecule has 0 aromatic carbocycles. The van der Waals surface area contributed by atoms with Gasteiger partial charge in [0.1, 0.15) is 0 Å². The van der Waals surface area contributed by atoms with Crippen molar-refractivity contribution < 1.29 is 14.1 Å². The van der Waals surface area contributed by atoms with Crippen molar-refractivity contribution in [2.75, 3.05) is 0 Å². The third-order valence-corrected chi connectivity index (χ3v) is 0. The summed E-state index contributed by atoms with van der Waals surface area (Å²) in [6.07, 6.45) is 0. The molecular formula is C4H11F3. The van der Waals surface area contributed by atoms with Crippen molar-refractivity contribution in [3.05, 3.63) is 26.3 Å². The summed E-state index contributed by atoms with van der Waals surface area (Å²) in [4.78, 5) is 0. The molecule has 0 heterocycles. The first-order valence-electron chi connectivity index (χ1n) is 1.000. The molecule has 0 aliphatic carbocycles. The van der Waals surface area contributed by atoms with Gasteiger partial charge in [0.15, 0.2) is 0 Å². The van der Waals surface area contributed by atoms with Crippen LogP contribution in [0.15, 0.2) is 26.3 Å². The van der Waals surface area contributed by atoms with E-state index in [1.54, 1.807) is 0 Å². The Balaban J connectivity index is -0.00000000267. The fraction of sp³-hybridized carbons (Fsp3) is 0. The van der Waals surface area contributed by atoms with Gasteiger partial charge in [0, 0.05) is 0 Å². The van der Waals surface area contributed by atoms with Crippen LogP contribution in [0, 0.1) is 0 Å². The highest BCUT2D eigenvalue weighted by Gasteiger charge is 0.603. The van der Waals surface area contributed by atoms with E-state index in [0.717, 1.165) is 0 Å². The highest BCUT2D eigenvalue weighted by Crippen LogP contribution is 0.864. The molecule has 0 spiro atoms. The molecule has 3 heteroatoms. The van der Waals surface area contributed by atoms with E-state index in [1.807, 2.05) is 0 Å². The Morgan fingerprint density at radius 3 is 0.429 bits per heavy atom. The molecule has 0 radical (unpaired) electrons. The molecule has 0 fully saturated rings. The summed E-state index contributed by atoms with van der Waals surface area (Å²) in [5.74, 6) is 0. The fourth-order valence-corrected chi connectivity index (χ4v) is 0. The minimum Gasteiger partial charge on any atom is -0.269 e. The number of hydrogen-bond donors (Lipinski definition) is 0. The lowest BCUT2D eigenvalue weighted by atomic mass is 11.3. The molecule has 0 aromatic rings. The van der Waals surface area contributed by atoms with Crippen molar-refractivity contribution in [1.29, 1.82) is 0 Å². The van der Waals surface area contributed by atoms with Gasteiger partial charge in [-0.1, -0.05) is 0 Å². The van der Waals surface area contributed by atoms with Gasteiger partial charge in [0.25, 0.3) is 0 Å². The Labute approximate surface area is 41.6 Å². The van der Waals surface area contributed by atoms with Gasteiger partial charge in [0.2, 0.25) is 0 Å². The van der Waals surface area contributed by atoms with Gasteiger partial charge in [0.05, 0.1) is 0 Å². The predicted molar refractivity (Wildman–Crippen MR) is 30.0 cm³/mol. The van der Waals surface area contributed by atoms with Gasteiger partial charge in [-0.05, 0) is 0 Å². The zero-order chi connectivity index (χ0) is 4.00. The average Bonchev–Trinajstić information content (AvgIpc) is 1.50. The second kappa shape index (κ2) is 180. The second-order valence-corrected chi connectivity index (χ2v) is 0. The van der Waals surface area contributed by atoms with E-state index in [-0.39, 0.29) is 14.1 Å². The number of hydrogen-bond acceptors (Lipinski definition) is 0. The monoisotopic (exact) mass is 116 g/mol. The minimum atomic E-state index is 0. The van der Waals surface area contributed by atoms with Crippen LogP contribution in [0.4, 0.5) is 14.1 Å². The van der Waals surface area contributed by atoms with Crippen molar-refractivity contribution in [2.45, 2.75) is 0 Å². The van der Waals surface area contributed by atoms with E-state index in [2.05, 4.69) is 26.3 Å². The van der Waals surface area contributed by atoms with Crippen molar-refractivity contribution in [3.63, 3.8) is 0 Å². The standard InChI is InChI=1S/2C2H4.3FH/c2*1-2;;;/h2*1-2H2;3*1H. The summed E-state index contributed by atoms with van der Waals surface area (Å²) in [5, 5.41) is 0. The first-order valence-corrected chi connectivity index (χ1v) is 1.000. The Hall–Kier alpha value is -0.730. The van der Waals surface area contributed by atoms with Gasteiger partial charge >= 0.3 is 0 Å². The van der Waals surface area contributed by atoms with Crippen molar-refractivity contribution in [2.24, 2.45) is 0 Å². The Kier molecular flexibility index (Phi) is 2780. The normalized spacial score (nSPS) is 1.14. The SMILES string of the molecule is C=C.C=C.F.F.F. The summed E-state index contributed by atoms with van der Waals surface area (Å²) in [6, 6.07) is 0. The molecule has 0 aliphatic heterocycles. The van der Waals surface area contributed by atoms with E-state index < -0.39 is 0 Å². The molecular weight excluding hydrogens is 105 g/mol. The Bertz CT molecular complexity index is 8.90. The third kappa shape index (κ3) is 106. The molecule has 0 unspecified atom stereocenters. The molecule has 0 saturated carbocycles. The summed E-state index contributed by atoms with van der Waals surface area (Å²) in [5.41, 5.74) is 0. The highest BCUT2D eigenvalue weighted by atomic mass is 19.0. The summed E-state index contributed by atoms with van der Waals surface area (Å²) in [7, 11) is 0. The maximum atomic E-state index is 3.00. The molecule has 0 aromatic heterocycles. The highest BCUT2D eigenvalue weighted by molar-refractivity contribution is 4.22. The summed E-state index contributed by atoms with van der Waals surface area (Å²) < 4.78 is 0. The van der Waals surface area contributed by atoms with Crippen LogP contribution in [-0.2, 0) is 0 Å². The van der Waals surface area contributed by atoms with Crippen LogP contribution in [0.5, 0.6) is 0 Å². The van der Waals surface area contributed by atoms with Gasteiger partial charge in [-0.25, -0.2) is 0 Å². The molecule has 0 aliphatic rings. The van der Waals surface area contributed by atoms with Gasteiger partial charge in [-0.15, -0.1) is 26.3 Å². The largest absolute Gasteiger partial charge is 0.269 e. The van der Waals surface area contributed by atoms with Gasteiger partial charge in [-0.3, -0.25) is 14.1 Å². The lowest BCUT2D eigenvalue weighted by Crippen LogP contribution is -0.552. The maximum absolute atomic E-state index is 3.00. The lowest BCUT2D eigenvalue weighted by molar-refractivity contribution is 1.11. The molecule has 0 saturated heterocycles. The first kappa shape index (κ1) is 108. The van der Waals surface area contributed by atoms with E-state index in [9.17, 15) is 0 Å². The number of rotatable bonds is 0. The molecule has 0 atom stereocenters.